The van der Waals surface area contributed by atoms with E-state index in [9.17, 15) is 14.4 Å². The lowest BCUT2D eigenvalue weighted by Crippen LogP contribution is -2.33. The Balaban J connectivity index is 1.93. The van der Waals surface area contributed by atoms with Gasteiger partial charge in [0.25, 0.3) is 11.8 Å². The molecule has 8 heteroatoms. The van der Waals surface area contributed by atoms with Gasteiger partial charge in [-0.05, 0) is 43.5 Å². The molecular weight excluding hydrogens is 358 g/mol. The molecule has 2 aromatic rings. The highest BCUT2D eigenvalue weighted by Crippen LogP contribution is 2.28. The zero-order valence-electron chi connectivity index (χ0n) is 14.4. The third-order valence-corrected chi connectivity index (χ3v) is 3.98. The van der Waals surface area contributed by atoms with Crippen LogP contribution in [0, 0.1) is 0 Å². The van der Waals surface area contributed by atoms with Gasteiger partial charge < -0.3 is 14.2 Å². The molecular formula is C18H19NO6S. The van der Waals surface area contributed by atoms with Crippen LogP contribution in [0.2, 0.25) is 0 Å². The van der Waals surface area contributed by atoms with Crippen LogP contribution in [0.3, 0.4) is 0 Å². The van der Waals surface area contributed by atoms with E-state index in [-0.39, 0.29) is 5.56 Å². The monoisotopic (exact) mass is 377 g/mol. The molecule has 1 aromatic heterocycles. The van der Waals surface area contributed by atoms with E-state index in [4.69, 9.17) is 14.2 Å². The Bertz CT molecular complexity index is 772. The molecule has 26 heavy (non-hydrogen) atoms. The second kappa shape index (κ2) is 9.57. The van der Waals surface area contributed by atoms with Crippen molar-refractivity contribution in [3.63, 3.8) is 0 Å². The molecule has 0 fully saturated rings. The fraction of sp³-hybridized carbons (Fsp3) is 0.278. The van der Waals surface area contributed by atoms with E-state index in [1.165, 1.54) is 23.5 Å². The summed E-state index contributed by atoms with van der Waals surface area (Å²) in [6.45, 7) is 3.96. The fourth-order valence-electron chi connectivity index (χ4n) is 2.02. The molecule has 1 heterocycles. The first-order chi connectivity index (χ1) is 12.5. The average Bonchev–Trinajstić information content (AvgIpc) is 3.16. The average molecular weight is 377 g/mol. The summed E-state index contributed by atoms with van der Waals surface area (Å²) < 4.78 is 15.8. The molecule has 7 nitrogen and oxygen atoms in total. The van der Waals surface area contributed by atoms with Gasteiger partial charge in [-0.15, -0.1) is 11.3 Å². The number of hydrogen-bond acceptors (Lipinski definition) is 7. The highest BCUT2D eigenvalue weighted by molar-refractivity contribution is 7.12. The van der Waals surface area contributed by atoms with Crippen LogP contribution in [-0.4, -0.2) is 37.6 Å². The molecule has 0 saturated carbocycles. The smallest absolute Gasteiger partial charge is 0.338 e. The van der Waals surface area contributed by atoms with E-state index < -0.39 is 24.4 Å². The van der Waals surface area contributed by atoms with Gasteiger partial charge in [-0.2, -0.15) is 0 Å². The Morgan fingerprint density at radius 1 is 1.04 bits per heavy atom. The number of hydrogen-bond donors (Lipinski definition) is 1. The minimum atomic E-state index is -0.701. The summed E-state index contributed by atoms with van der Waals surface area (Å²) >= 11 is 1.21. The van der Waals surface area contributed by atoms with Gasteiger partial charge in [-0.25, -0.2) is 4.79 Å². The van der Waals surface area contributed by atoms with Crippen molar-refractivity contribution in [3.8, 4) is 11.5 Å². The van der Waals surface area contributed by atoms with E-state index in [0.717, 1.165) is 0 Å². The maximum Gasteiger partial charge on any atom is 0.338 e. The number of amides is 2. The van der Waals surface area contributed by atoms with Gasteiger partial charge in [0.2, 0.25) is 0 Å². The standard InChI is InChI=1S/C18H19NO6S/c1-3-23-13-8-7-12(10-14(13)24-4-2)18(22)25-11-16(20)19-17(21)15-6-5-9-26-15/h5-10H,3-4,11H2,1-2H3,(H,19,20,21). The van der Waals surface area contributed by atoms with Gasteiger partial charge in [-0.1, -0.05) is 6.07 Å². The van der Waals surface area contributed by atoms with Crippen molar-refractivity contribution in [2.45, 2.75) is 13.8 Å². The van der Waals surface area contributed by atoms with Crippen molar-refractivity contribution in [1.29, 1.82) is 0 Å². The van der Waals surface area contributed by atoms with Crippen LogP contribution in [0.1, 0.15) is 33.9 Å². The normalized spacial score (nSPS) is 10.1. The molecule has 0 aliphatic heterocycles. The molecule has 0 aliphatic rings. The molecule has 0 spiro atoms. The van der Waals surface area contributed by atoms with E-state index in [2.05, 4.69) is 5.32 Å². The number of benzene rings is 1. The van der Waals surface area contributed by atoms with Crippen LogP contribution >= 0.6 is 11.3 Å². The van der Waals surface area contributed by atoms with Gasteiger partial charge in [0.05, 0.1) is 23.7 Å². The predicted molar refractivity (Wildman–Crippen MR) is 95.9 cm³/mol. The largest absolute Gasteiger partial charge is 0.490 e. The third kappa shape index (κ3) is 5.32. The SMILES string of the molecule is CCOc1ccc(C(=O)OCC(=O)NC(=O)c2cccs2)cc1OCC. The summed E-state index contributed by atoms with van der Waals surface area (Å²) in [5.41, 5.74) is 0.217. The fourth-order valence-corrected chi connectivity index (χ4v) is 2.64. The van der Waals surface area contributed by atoms with E-state index in [1.54, 1.807) is 23.6 Å². The maximum atomic E-state index is 12.1. The highest BCUT2D eigenvalue weighted by Gasteiger charge is 2.16. The molecule has 0 radical (unpaired) electrons. The summed E-state index contributed by atoms with van der Waals surface area (Å²) in [5, 5.41) is 3.88. The Hall–Kier alpha value is -2.87. The number of esters is 1. The topological polar surface area (TPSA) is 90.9 Å². The lowest BCUT2D eigenvalue weighted by atomic mass is 10.2. The molecule has 0 bridgehead atoms. The first kappa shape index (κ1) is 19.5. The van der Waals surface area contributed by atoms with Crippen molar-refractivity contribution in [3.05, 3.63) is 46.2 Å². The van der Waals surface area contributed by atoms with Gasteiger partial charge in [0.1, 0.15) is 0 Å². The zero-order valence-corrected chi connectivity index (χ0v) is 15.3. The Morgan fingerprint density at radius 3 is 2.42 bits per heavy atom. The predicted octanol–water partition coefficient (Wildman–Crippen LogP) is 2.66. The summed E-state index contributed by atoms with van der Waals surface area (Å²) in [5.74, 6) is -0.993. The molecule has 1 N–H and O–H groups in total. The lowest BCUT2D eigenvalue weighted by Gasteiger charge is -2.12. The Labute approximate surface area is 154 Å². The van der Waals surface area contributed by atoms with Crippen molar-refractivity contribution in [1.82, 2.24) is 5.32 Å². The van der Waals surface area contributed by atoms with Gasteiger partial charge in [0.15, 0.2) is 18.1 Å². The van der Waals surface area contributed by atoms with Crippen LogP contribution in [0.4, 0.5) is 0 Å². The van der Waals surface area contributed by atoms with E-state index in [1.807, 2.05) is 13.8 Å². The lowest BCUT2D eigenvalue weighted by molar-refractivity contribution is -0.123. The summed E-state index contributed by atoms with van der Waals surface area (Å²) in [6.07, 6.45) is 0. The van der Waals surface area contributed by atoms with Crippen LogP contribution < -0.4 is 14.8 Å². The number of imide groups is 1. The van der Waals surface area contributed by atoms with Gasteiger partial charge in [0, 0.05) is 0 Å². The number of carbonyl (C=O) groups excluding carboxylic acids is 3. The van der Waals surface area contributed by atoms with Crippen molar-refractivity contribution < 1.29 is 28.6 Å². The number of ether oxygens (including phenoxy) is 3. The maximum absolute atomic E-state index is 12.1. The van der Waals surface area contributed by atoms with Crippen LogP contribution in [-0.2, 0) is 9.53 Å². The molecule has 0 unspecified atom stereocenters. The number of carbonyl (C=O) groups is 3. The van der Waals surface area contributed by atoms with Crippen LogP contribution in [0.25, 0.3) is 0 Å². The van der Waals surface area contributed by atoms with Gasteiger partial charge in [-0.3, -0.25) is 14.9 Å². The van der Waals surface area contributed by atoms with Crippen molar-refractivity contribution in [2.75, 3.05) is 19.8 Å². The summed E-state index contributed by atoms with van der Waals surface area (Å²) in [7, 11) is 0. The van der Waals surface area contributed by atoms with Gasteiger partial charge >= 0.3 is 5.97 Å². The minimum Gasteiger partial charge on any atom is -0.490 e. The molecule has 0 atom stereocenters. The molecule has 0 aliphatic carbocycles. The molecule has 2 rings (SSSR count). The second-order valence-corrected chi connectivity index (χ2v) is 5.91. The number of thiophene rings is 1. The first-order valence-corrected chi connectivity index (χ1v) is 8.87. The summed E-state index contributed by atoms with van der Waals surface area (Å²) in [4.78, 5) is 36.0. The van der Waals surface area contributed by atoms with Crippen molar-refractivity contribution in [2.24, 2.45) is 0 Å². The zero-order chi connectivity index (χ0) is 18.9. The Kier molecular flexibility index (Phi) is 7.16. The third-order valence-electron chi connectivity index (χ3n) is 3.11. The van der Waals surface area contributed by atoms with Crippen LogP contribution in [0.15, 0.2) is 35.7 Å². The molecule has 0 saturated heterocycles. The van der Waals surface area contributed by atoms with Crippen molar-refractivity contribution >= 4 is 29.1 Å². The molecule has 138 valence electrons. The molecule has 2 amide bonds. The highest BCUT2D eigenvalue weighted by atomic mass is 32.1. The van der Waals surface area contributed by atoms with E-state index in [0.29, 0.717) is 29.6 Å². The van der Waals surface area contributed by atoms with Crippen LogP contribution in [0.5, 0.6) is 11.5 Å². The second-order valence-electron chi connectivity index (χ2n) is 4.96. The first-order valence-electron chi connectivity index (χ1n) is 7.99. The number of nitrogens with one attached hydrogen (secondary N) is 1. The summed E-state index contributed by atoms with van der Waals surface area (Å²) in [6, 6.07) is 7.90. The number of rotatable bonds is 8. The van der Waals surface area contributed by atoms with E-state index >= 15 is 0 Å². The molecule has 1 aromatic carbocycles. The quantitative estimate of drug-likeness (QED) is 0.711. The minimum absolute atomic E-state index is 0.217. The Morgan fingerprint density at radius 2 is 1.77 bits per heavy atom.